The minimum Gasteiger partial charge on any atom is -0.462 e. The van der Waals surface area contributed by atoms with Crippen LogP contribution in [0.5, 0.6) is 0 Å². The van der Waals surface area contributed by atoms with E-state index in [-0.39, 0.29) is 36.7 Å². The van der Waals surface area contributed by atoms with Gasteiger partial charge in [-0.05, 0) is 38.7 Å². The third-order valence-corrected chi connectivity index (χ3v) is 4.29. The molecule has 0 aromatic rings. The first-order valence-corrected chi connectivity index (χ1v) is 9.15. The highest BCUT2D eigenvalue weighted by Crippen LogP contribution is 2.34. The number of nitrogens with two attached hydrogens (primary N) is 1. The Morgan fingerprint density at radius 2 is 1.67 bits per heavy atom. The molecule has 1 aliphatic rings. The molecule has 0 amide bonds. The van der Waals surface area contributed by atoms with Gasteiger partial charge in [-0.1, -0.05) is 65.5 Å². The zero-order valence-corrected chi connectivity index (χ0v) is 18.2. The summed E-state index contributed by atoms with van der Waals surface area (Å²) in [6, 6.07) is -0.322. The predicted octanol–water partition coefficient (Wildman–Crippen LogP) is 5.63. The van der Waals surface area contributed by atoms with E-state index < -0.39 is 0 Å². The molecule has 0 saturated carbocycles. The van der Waals surface area contributed by atoms with E-state index in [1.165, 1.54) is 25.0 Å². The predicted molar refractivity (Wildman–Crippen MR) is 118 cm³/mol. The molecule has 2 unspecified atom stereocenters. The Bertz CT molecular complexity index is 520. The van der Waals surface area contributed by atoms with Crippen molar-refractivity contribution >= 4 is 11.8 Å². The fourth-order valence-electron chi connectivity index (χ4n) is 2.51. The topological polar surface area (TPSA) is 69.4 Å². The van der Waals surface area contributed by atoms with Gasteiger partial charge in [-0.25, -0.2) is 0 Å². The summed E-state index contributed by atoms with van der Waals surface area (Å²) in [5, 5.41) is 0. The fourth-order valence-corrected chi connectivity index (χ4v) is 2.51. The summed E-state index contributed by atoms with van der Waals surface area (Å²) in [7, 11) is 0. The molecule has 3 atom stereocenters. The Balaban J connectivity index is -0.000000361. The number of Topliss-reactive ketones (excluding diaryl/α,β-unsaturated/α-hetero) is 1. The van der Waals surface area contributed by atoms with Crippen molar-refractivity contribution in [2.45, 2.75) is 88.3 Å². The number of carbonyl (C=O) groups excluding carboxylic acids is 2. The molecule has 0 radical (unpaired) electrons. The smallest absolute Gasteiger partial charge is 0.302 e. The zero-order chi connectivity index (χ0) is 21.1. The monoisotopic (exact) mass is 381 g/mol. The van der Waals surface area contributed by atoms with Crippen LogP contribution in [0.3, 0.4) is 0 Å². The molecule has 1 rings (SSSR count). The van der Waals surface area contributed by atoms with Gasteiger partial charge in [-0.15, -0.1) is 0 Å². The Morgan fingerprint density at radius 1 is 1.22 bits per heavy atom. The minimum atomic E-state index is -0.322. The number of ether oxygens (including phenoxy) is 1. The van der Waals surface area contributed by atoms with Crippen molar-refractivity contribution in [1.29, 1.82) is 0 Å². The molecule has 0 saturated heterocycles. The third kappa shape index (κ3) is 12.4. The molecule has 0 aromatic heterocycles. The second kappa shape index (κ2) is 14.4. The normalized spacial score (nSPS) is 19.8. The number of allylic oxidation sites excluding steroid dienone is 3. The lowest BCUT2D eigenvalue weighted by atomic mass is 9.85. The van der Waals surface area contributed by atoms with Gasteiger partial charge in [0.15, 0.2) is 0 Å². The van der Waals surface area contributed by atoms with E-state index in [0.29, 0.717) is 5.92 Å². The molecular formula is C23H43NO3. The quantitative estimate of drug-likeness (QED) is 0.508. The summed E-state index contributed by atoms with van der Waals surface area (Å²) in [5.41, 5.74) is 7.97. The van der Waals surface area contributed by atoms with Gasteiger partial charge in [0.05, 0.1) is 6.04 Å². The van der Waals surface area contributed by atoms with E-state index in [0.717, 1.165) is 6.42 Å². The average Bonchev–Trinajstić information content (AvgIpc) is 2.79. The maximum absolute atomic E-state index is 10.8. The highest BCUT2D eigenvalue weighted by molar-refractivity contribution is 5.81. The molecule has 0 aliphatic heterocycles. The number of ketones is 1. The van der Waals surface area contributed by atoms with Crippen molar-refractivity contribution in [2.24, 2.45) is 17.1 Å². The molecule has 4 nitrogen and oxygen atoms in total. The number of rotatable bonds is 3. The summed E-state index contributed by atoms with van der Waals surface area (Å²) in [6.07, 6.45) is 6.73. The van der Waals surface area contributed by atoms with Crippen molar-refractivity contribution in [3.8, 4) is 0 Å². The van der Waals surface area contributed by atoms with Crippen molar-refractivity contribution in [1.82, 2.24) is 0 Å². The number of hydrogen-bond acceptors (Lipinski definition) is 4. The van der Waals surface area contributed by atoms with Crippen molar-refractivity contribution < 1.29 is 14.3 Å². The molecule has 2 N–H and O–H groups in total. The van der Waals surface area contributed by atoms with Crippen LogP contribution in [0.15, 0.2) is 36.0 Å². The second-order valence-electron chi connectivity index (χ2n) is 7.70. The van der Waals surface area contributed by atoms with Crippen LogP contribution in [0.25, 0.3) is 0 Å². The van der Waals surface area contributed by atoms with Gasteiger partial charge >= 0.3 is 5.97 Å². The third-order valence-electron chi connectivity index (χ3n) is 4.29. The summed E-state index contributed by atoms with van der Waals surface area (Å²) < 4.78 is 5.20. The maximum Gasteiger partial charge on any atom is 0.302 e. The highest BCUT2D eigenvalue weighted by atomic mass is 16.5. The summed E-state index contributed by atoms with van der Waals surface area (Å²) in [5.74, 6) is 0.152. The molecular weight excluding hydrogens is 338 g/mol. The molecule has 4 heteroatoms. The zero-order valence-electron chi connectivity index (χ0n) is 18.2. The first-order chi connectivity index (χ1) is 11.8. The largest absolute Gasteiger partial charge is 0.462 e. The Kier molecular flexibility index (Phi) is 16.0. The van der Waals surface area contributed by atoms with Crippen molar-refractivity contribution in [3.63, 3.8) is 0 Å². The lowest BCUT2D eigenvalue weighted by molar-refractivity contribution is -0.147. The van der Waals surface area contributed by atoms with Crippen LogP contribution in [0.1, 0.15) is 76.2 Å². The van der Waals surface area contributed by atoms with E-state index in [1.807, 2.05) is 52.8 Å². The molecule has 0 fully saturated rings. The van der Waals surface area contributed by atoms with E-state index in [1.54, 1.807) is 0 Å². The van der Waals surface area contributed by atoms with Gasteiger partial charge < -0.3 is 10.5 Å². The van der Waals surface area contributed by atoms with Gasteiger partial charge in [0.25, 0.3) is 0 Å². The average molecular weight is 382 g/mol. The molecule has 0 spiro atoms. The standard InChI is InChI=1S/C11H16O2.C7H15NO.C4H8.CH4/c1-5-10-7(2)6-11(8(10)3)13-9(4)12;1-5(9)6(8)7(2,3)4;1-3-4-2;/h5,8,11H,1,6H2,2-4H3;6H,8H2,1-4H3;3-4H,1-2H3;1H4/b;;4-3-;/t8-,11?;;;/m0.../s1. The molecule has 158 valence electrons. The number of carbonyl (C=O) groups is 2. The second-order valence-corrected chi connectivity index (χ2v) is 7.70. The van der Waals surface area contributed by atoms with Crippen LogP contribution in [0.4, 0.5) is 0 Å². The molecule has 0 aromatic carbocycles. The van der Waals surface area contributed by atoms with Crippen molar-refractivity contribution in [2.75, 3.05) is 0 Å². The number of esters is 1. The Labute approximate surface area is 167 Å². The maximum atomic E-state index is 10.8. The van der Waals surface area contributed by atoms with Crippen molar-refractivity contribution in [3.05, 3.63) is 36.0 Å². The van der Waals surface area contributed by atoms with Gasteiger partial charge in [0.1, 0.15) is 11.9 Å². The molecule has 0 heterocycles. The SMILES string of the molecule is C.C/C=C\C.C=CC1=C(C)CC(OC(C)=O)[C@H]1C.CC(=O)C(N)C(C)(C)C. The van der Waals surface area contributed by atoms with E-state index in [4.69, 9.17) is 10.5 Å². The van der Waals surface area contributed by atoms with Gasteiger partial charge in [0, 0.05) is 19.3 Å². The highest BCUT2D eigenvalue weighted by Gasteiger charge is 2.30. The van der Waals surface area contributed by atoms with Gasteiger partial charge in [-0.2, -0.15) is 0 Å². The Morgan fingerprint density at radius 3 is 1.85 bits per heavy atom. The van der Waals surface area contributed by atoms with Crippen LogP contribution in [0, 0.1) is 11.3 Å². The molecule has 0 bridgehead atoms. The van der Waals surface area contributed by atoms with Crippen LogP contribution < -0.4 is 5.73 Å². The first-order valence-electron chi connectivity index (χ1n) is 9.15. The summed E-state index contributed by atoms with van der Waals surface area (Å²) in [4.78, 5) is 21.4. The van der Waals surface area contributed by atoms with Crippen LogP contribution in [-0.4, -0.2) is 23.9 Å². The molecule has 27 heavy (non-hydrogen) atoms. The lowest BCUT2D eigenvalue weighted by Crippen LogP contribution is -2.40. The fraction of sp³-hybridized carbons (Fsp3) is 0.652. The van der Waals surface area contributed by atoms with E-state index in [9.17, 15) is 9.59 Å². The summed E-state index contributed by atoms with van der Waals surface area (Å²) >= 11 is 0. The lowest BCUT2D eigenvalue weighted by Gasteiger charge is -2.23. The minimum absolute atomic E-state index is 0. The van der Waals surface area contributed by atoms with E-state index in [2.05, 4.69) is 20.4 Å². The van der Waals surface area contributed by atoms with E-state index >= 15 is 0 Å². The number of hydrogen-bond donors (Lipinski definition) is 1. The van der Waals surface area contributed by atoms with Crippen LogP contribution >= 0.6 is 0 Å². The summed E-state index contributed by atoms with van der Waals surface area (Å²) in [6.45, 7) is 20.7. The Hall–Kier alpha value is -1.68. The van der Waals surface area contributed by atoms with Crippen LogP contribution in [-0.2, 0) is 14.3 Å². The van der Waals surface area contributed by atoms with Gasteiger partial charge in [0.2, 0.25) is 0 Å². The first kappa shape index (κ1) is 30.1. The molecule has 1 aliphatic carbocycles. The van der Waals surface area contributed by atoms with Crippen LogP contribution in [0.2, 0.25) is 0 Å². The van der Waals surface area contributed by atoms with Gasteiger partial charge in [-0.3, -0.25) is 9.59 Å².